The third-order valence-electron chi connectivity index (χ3n) is 4.74. The molecule has 0 aromatic heterocycles. The molecular weight excluding hydrogens is 312 g/mol. The van der Waals surface area contributed by atoms with Crippen molar-refractivity contribution in [2.24, 2.45) is 0 Å². The van der Waals surface area contributed by atoms with Crippen LogP contribution in [0.1, 0.15) is 24.5 Å². The van der Waals surface area contributed by atoms with Gasteiger partial charge in [-0.1, -0.05) is 30.3 Å². The Morgan fingerprint density at radius 3 is 2.68 bits per heavy atom. The fourth-order valence-corrected chi connectivity index (χ4v) is 3.41. The van der Waals surface area contributed by atoms with Gasteiger partial charge >= 0.3 is 0 Å². The quantitative estimate of drug-likeness (QED) is 0.788. The van der Waals surface area contributed by atoms with Gasteiger partial charge in [0.25, 0.3) is 0 Å². The first-order valence-electron chi connectivity index (χ1n) is 8.92. The summed E-state index contributed by atoms with van der Waals surface area (Å²) >= 11 is 0. The van der Waals surface area contributed by atoms with E-state index < -0.39 is 0 Å². The van der Waals surface area contributed by atoms with Crippen LogP contribution in [0.15, 0.2) is 48.5 Å². The number of anilines is 1. The van der Waals surface area contributed by atoms with E-state index in [4.69, 9.17) is 4.74 Å². The van der Waals surface area contributed by atoms with Crippen LogP contribution >= 0.6 is 0 Å². The second-order valence-corrected chi connectivity index (χ2v) is 6.54. The second kappa shape index (κ2) is 8.17. The Hall–Kier alpha value is -2.33. The van der Waals surface area contributed by atoms with Crippen molar-refractivity contribution in [3.05, 3.63) is 59.7 Å². The maximum atomic E-state index is 12.6. The largest absolute Gasteiger partial charge is 0.497 e. The lowest BCUT2D eigenvalue weighted by Gasteiger charge is -2.22. The Bertz CT molecular complexity index is 712. The predicted octanol–water partition coefficient (Wildman–Crippen LogP) is 3.20. The van der Waals surface area contributed by atoms with Crippen molar-refractivity contribution >= 4 is 11.6 Å². The predicted molar refractivity (Wildman–Crippen MR) is 101 cm³/mol. The average molecular weight is 338 g/mol. The summed E-state index contributed by atoms with van der Waals surface area (Å²) < 4.78 is 5.16. The number of rotatable bonds is 7. The Balaban J connectivity index is 1.42. The highest BCUT2D eigenvalue weighted by molar-refractivity contribution is 5.96. The van der Waals surface area contributed by atoms with Crippen molar-refractivity contribution in [2.45, 2.75) is 32.2 Å². The first-order chi connectivity index (χ1) is 12.2. The van der Waals surface area contributed by atoms with Gasteiger partial charge in [0, 0.05) is 24.7 Å². The molecular formula is C21H26N2O2. The minimum Gasteiger partial charge on any atom is -0.497 e. The highest BCUT2D eigenvalue weighted by Gasteiger charge is 2.29. The number of nitrogens with one attached hydrogen (secondary N) is 1. The zero-order valence-electron chi connectivity index (χ0n) is 15.0. The summed E-state index contributed by atoms with van der Waals surface area (Å²) in [5, 5.41) is 3.38. The van der Waals surface area contributed by atoms with Crippen LogP contribution < -0.4 is 15.0 Å². The third-order valence-corrected chi connectivity index (χ3v) is 4.74. The standard InChI is InChI=1S/C21H26N2O2/c1-16-15-18-5-3-4-6-20(18)23(16)21(24)12-14-22-13-11-17-7-9-19(25-2)10-8-17/h3-10,16,22H,11-15H2,1-2H3. The summed E-state index contributed by atoms with van der Waals surface area (Å²) in [6, 6.07) is 16.6. The zero-order valence-corrected chi connectivity index (χ0v) is 15.0. The van der Waals surface area contributed by atoms with Gasteiger partial charge in [-0.25, -0.2) is 0 Å². The first-order valence-corrected chi connectivity index (χ1v) is 8.92. The fourth-order valence-electron chi connectivity index (χ4n) is 3.41. The maximum Gasteiger partial charge on any atom is 0.228 e. The van der Waals surface area contributed by atoms with E-state index in [0.29, 0.717) is 13.0 Å². The number of para-hydroxylation sites is 1. The minimum atomic E-state index is 0.203. The summed E-state index contributed by atoms with van der Waals surface area (Å²) in [6.45, 7) is 3.70. The molecule has 132 valence electrons. The van der Waals surface area contributed by atoms with Crippen LogP contribution in [-0.4, -0.2) is 32.1 Å². The summed E-state index contributed by atoms with van der Waals surface area (Å²) in [4.78, 5) is 14.6. The van der Waals surface area contributed by atoms with Crippen LogP contribution in [-0.2, 0) is 17.6 Å². The number of fused-ring (bicyclic) bond motifs is 1. The summed E-state index contributed by atoms with van der Waals surface area (Å²) in [7, 11) is 1.67. The number of hydrogen-bond acceptors (Lipinski definition) is 3. The normalized spacial score (nSPS) is 15.9. The molecule has 1 aliphatic rings. The van der Waals surface area contributed by atoms with Gasteiger partial charge in [-0.2, -0.15) is 0 Å². The third kappa shape index (κ3) is 4.20. The van der Waals surface area contributed by atoms with Gasteiger partial charge in [0.2, 0.25) is 5.91 Å². The molecule has 0 radical (unpaired) electrons. The highest BCUT2D eigenvalue weighted by Crippen LogP contribution is 2.32. The minimum absolute atomic E-state index is 0.203. The van der Waals surface area contributed by atoms with E-state index in [1.165, 1.54) is 11.1 Å². The number of methoxy groups -OCH3 is 1. The molecule has 1 N–H and O–H groups in total. The van der Waals surface area contributed by atoms with Gasteiger partial charge in [-0.15, -0.1) is 0 Å². The van der Waals surface area contributed by atoms with E-state index in [-0.39, 0.29) is 11.9 Å². The number of ether oxygens (including phenoxy) is 1. The van der Waals surface area contributed by atoms with E-state index in [1.54, 1.807) is 7.11 Å². The molecule has 0 spiro atoms. The molecule has 0 saturated heterocycles. The Kier molecular flexibility index (Phi) is 5.71. The molecule has 2 aromatic rings. The van der Waals surface area contributed by atoms with E-state index in [2.05, 4.69) is 30.4 Å². The number of benzene rings is 2. The van der Waals surface area contributed by atoms with Gasteiger partial charge < -0.3 is 15.0 Å². The van der Waals surface area contributed by atoms with E-state index in [9.17, 15) is 4.79 Å². The molecule has 0 bridgehead atoms. The number of amides is 1. The van der Waals surface area contributed by atoms with Crippen LogP contribution in [0.5, 0.6) is 5.75 Å². The van der Waals surface area contributed by atoms with Gasteiger partial charge in [0.1, 0.15) is 5.75 Å². The molecule has 1 atom stereocenters. The maximum absolute atomic E-state index is 12.6. The van der Waals surface area contributed by atoms with Crippen molar-refractivity contribution < 1.29 is 9.53 Å². The highest BCUT2D eigenvalue weighted by atomic mass is 16.5. The first kappa shape index (κ1) is 17.5. The lowest BCUT2D eigenvalue weighted by atomic mass is 10.1. The SMILES string of the molecule is COc1ccc(CCNCCC(=O)N2c3ccccc3CC2C)cc1. The smallest absolute Gasteiger partial charge is 0.228 e. The van der Waals surface area contributed by atoms with Gasteiger partial charge in [0.05, 0.1) is 7.11 Å². The molecule has 3 rings (SSSR count). The number of carbonyl (C=O) groups is 1. The van der Waals surface area contributed by atoms with Crippen LogP contribution in [0.25, 0.3) is 0 Å². The molecule has 1 aliphatic heterocycles. The van der Waals surface area contributed by atoms with Crippen molar-refractivity contribution in [1.82, 2.24) is 5.32 Å². The monoisotopic (exact) mass is 338 g/mol. The molecule has 4 nitrogen and oxygen atoms in total. The summed E-state index contributed by atoms with van der Waals surface area (Å²) in [6.07, 6.45) is 2.43. The van der Waals surface area contributed by atoms with Crippen molar-refractivity contribution in [1.29, 1.82) is 0 Å². The van der Waals surface area contributed by atoms with Gasteiger partial charge in [-0.3, -0.25) is 4.79 Å². The molecule has 4 heteroatoms. The fraction of sp³-hybridized carbons (Fsp3) is 0.381. The Morgan fingerprint density at radius 2 is 1.92 bits per heavy atom. The topological polar surface area (TPSA) is 41.6 Å². The Morgan fingerprint density at radius 1 is 1.16 bits per heavy atom. The molecule has 0 aliphatic carbocycles. The summed E-state index contributed by atoms with van der Waals surface area (Å²) in [5.74, 6) is 1.08. The van der Waals surface area contributed by atoms with Crippen molar-refractivity contribution in [3.63, 3.8) is 0 Å². The molecule has 1 amide bonds. The molecule has 25 heavy (non-hydrogen) atoms. The Labute approximate surface area is 149 Å². The molecule has 1 unspecified atom stereocenters. The van der Waals surface area contributed by atoms with Gasteiger partial charge in [-0.05, 0) is 55.6 Å². The van der Waals surface area contributed by atoms with Crippen LogP contribution in [0.2, 0.25) is 0 Å². The lowest BCUT2D eigenvalue weighted by molar-refractivity contribution is -0.118. The molecule has 1 heterocycles. The van der Waals surface area contributed by atoms with Gasteiger partial charge in [0.15, 0.2) is 0 Å². The number of nitrogens with zero attached hydrogens (tertiary/aromatic N) is 1. The average Bonchev–Trinajstić information content (AvgIpc) is 2.97. The van der Waals surface area contributed by atoms with Crippen LogP contribution in [0, 0.1) is 0 Å². The molecule has 0 fully saturated rings. The van der Waals surface area contributed by atoms with Crippen LogP contribution in [0.3, 0.4) is 0 Å². The molecule has 2 aromatic carbocycles. The van der Waals surface area contributed by atoms with E-state index in [0.717, 1.165) is 30.8 Å². The number of carbonyl (C=O) groups excluding carboxylic acids is 1. The van der Waals surface area contributed by atoms with E-state index in [1.807, 2.05) is 35.2 Å². The molecule has 0 saturated carbocycles. The zero-order chi connectivity index (χ0) is 17.6. The van der Waals surface area contributed by atoms with Crippen LogP contribution in [0.4, 0.5) is 5.69 Å². The van der Waals surface area contributed by atoms with E-state index >= 15 is 0 Å². The number of hydrogen-bond donors (Lipinski definition) is 1. The lowest BCUT2D eigenvalue weighted by Crippen LogP contribution is -2.37. The second-order valence-electron chi connectivity index (χ2n) is 6.54. The summed E-state index contributed by atoms with van der Waals surface area (Å²) in [5.41, 5.74) is 3.62. The van der Waals surface area contributed by atoms with Crippen molar-refractivity contribution in [3.8, 4) is 5.75 Å². The van der Waals surface area contributed by atoms with Crippen molar-refractivity contribution in [2.75, 3.05) is 25.1 Å².